The quantitative estimate of drug-likeness (QED) is 0.598. The van der Waals surface area contributed by atoms with Gasteiger partial charge >= 0.3 is 12.0 Å². The van der Waals surface area contributed by atoms with Crippen LogP contribution in [0.4, 0.5) is 4.79 Å². The van der Waals surface area contributed by atoms with E-state index in [9.17, 15) is 9.59 Å². The van der Waals surface area contributed by atoms with Crippen LogP contribution >= 0.6 is 0 Å². The second-order valence-corrected chi connectivity index (χ2v) is 5.54. The van der Waals surface area contributed by atoms with Crippen LogP contribution in [0.15, 0.2) is 0 Å². The van der Waals surface area contributed by atoms with Crippen molar-refractivity contribution < 1.29 is 19.8 Å². The topological polar surface area (TPSA) is 98.7 Å². The van der Waals surface area contributed by atoms with Gasteiger partial charge in [-0.3, -0.25) is 0 Å². The maximum Gasteiger partial charge on any atom is 0.332 e. The first kappa shape index (κ1) is 15.8. The minimum Gasteiger partial charge on any atom is -0.479 e. The molecule has 0 aromatic carbocycles. The van der Waals surface area contributed by atoms with Gasteiger partial charge in [-0.05, 0) is 31.1 Å². The molecule has 19 heavy (non-hydrogen) atoms. The van der Waals surface area contributed by atoms with E-state index >= 15 is 0 Å². The number of carboxylic acids is 1. The zero-order chi connectivity index (χ0) is 14.4. The number of carboxylic acid groups (broad SMARTS) is 1. The van der Waals surface area contributed by atoms with Crippen LogP contribution in [0, 0.1) is 11.8 Å². The van der Waals surface area contributed by atoms with Gasteiger partial charge in [0.25, 0.3) is 0 Å². The first-order valence-corrected chi connectivity index (χ1v) is 6.85. The molecule has 0 saturated heterocycles. The standard InChI is InChI=1S/C13H24N2O4/c1-8-3-4-10(9(2)7-8)15-13(19)14-6-5-11(16)12(17)18/h8-11,16H,3-7H2,1-2H3,(H,17,18)(H2,14,15,19). The molecule has 4 atom stereocenters. The van der Waals surface area contributed by atoms with E-state index in [0.29, 0.717) is 11.8 Å². The molecule has 0 radical (unpaired) electrons. The van der Waals surface area contributed by atoms with E-state index in [1.807, 2.05) is 0 Å². The zero-order valence-corrected chi connectivity index (χ0v) is 11.6. The average molecular weight is 272 g/mol. The van der Waals surface area contributed by atoms with Crippen molar-refractivity contribution in [3.63, 3.8) is 0 Å². The number of aliphatic hydroxyl groups excluding tert-OH is 1. The van der Waals surface area contributed by atoms with E-state index < -0.39 is 12.1 Å². The van der Waals surface area contributed by atoms with Crippen molar-refractivity contribution in [2.45, 2.75) is 51.7 Å². The lowest BCUT2D eigenvalue weighted by molar-refractivity contribution is -0.146. The van der Waals surface area contributed by atoms with Gasteiger partial charge in [0.05, 0.1) is 0 Å². The lowest BCUT2D eigenvalue weighted by atomic mass is 9.80. The van der Waals surface area contributed by atoms with Crippen LogP contribution in [0.25, 0.3) is 0 Å². The molecule has 1 aliphatic carbocycles. The lowest BCUT2D eigenvalue weighted by Crippen LogP contribution is -2.47. The van der Waals surface area contributed by atoms with Gasteiger partial charge in [-0.15, -0.1) is 0 Å². The van der Waals surface area contributed by atoms with Crippen LogP contribution in [-0.4, -0.2) is 40.9 Å². The molecule has 0 aliphatic heterocycles. The summed E-state index contributed by atoms with van der Waals surface area (Å²) in [7, 11) is 0. The van der Waals surface area contributed by atoms with Gasteiger partial charge in [0.15, 0.2) is 6.10 Å². The SMILES string of the molecule is CC1CCC(NC(=O)NCCC(O)C(=O)O)C(C)C1. The molecule has 4 unspecified atom stereocenters. The van der Waals surface area contributed by atoms with E-state index in [1.165, 1.54) is 0 Å². The molecule has 4 N–H and O–H groups in total. The van der Waals surface area contributed by atoms with Crippen LogP contribution in [0.5, 0.6) is 0 Å². The fourth-order valence-electron chi connectivity index (χ4n) is 2.55. The number of aliphatic carboxylic acids is 1. The molecule has 0 aromatic rings. The summed E-state index contributed by atoms with van der Waals surface area (Å²) in [4.78, 5) is 22.0. The fourth-order valence-corrected chi connectivity index (χ4v) is 2.55. The van der Waals surface area contributed by atoms with Gasteiger partial charge in [-0.25, -0.2) is 9.59 Å². The average Bonchev–Trinajstić information content (AvgIpc) is 2.32. The molecule has 0 bridgehead atoms. The molecule has 2 amide bonds. The Balaban J connectivity index is 2.22. The van der Waals surface area contributed by atoms with Crippen LogP contribution in [-0.2, 0) is 4.79 Å². The second kappa shape index (κ2) is 7.33. The molecule has 1 fully saturated rings. The molecule has 1 rings (SSSR count). The summed E-state index contributed by atoms with van der Waals surface area (Å²) < 4.78 is 0. The highest BCUT2D eigenvalue weighted by Gasteiger charge is 2.26. The second-order valence-electron chi connectivity index (χ2n) is 5.54. The van der Waals surface area contributed by atoms with Crippen molar-refractivity contribution in [1.82, 2.24) is 10.6 Å². The maximum atomic E-state index is 11.6. The fraction of sp³-hybridized carbons (Fsp3) is 0.846. The van der Waals surface area contributed by atoms with Gasteiger partial charge in [0.2, 0.25) is 0 Å². The van der Waals surface area contributed by atoms with E-state index in [1.54, 1.807) is 0 Å². The van der Waals surface area contributed by atoms with Crippen LogP contribution in [0.2, 0.25) is 0 Å². The Morgan fingerprint density at radius 1 is 1.32 bits per heavy atom. The largest absolute Gasteiger partial charge is 0.479 e. The van der Waals surface area contributed by atoms with Gasteiger partial charge in [-0.1, -0.05) is 13.8 Å². The smallest absolute Gasteiger partial charge is 0.332 e. The summed E-state index contributed by atoms with van der Waals surface area (Å²) in [5.74, 6) is -0.0990. The maximum absolute atomic E-state index is 11.6. The lowest BCUT2D eigenvalue weighted by Gasteiger charge is -2.33. The molecule has 1 aliphatic rings. The molecule has 110 valence electrons. The van der Waals surface area contributed by atoms with Gasteiger partial charge in [-0.2, -0.15) is 0 Å². The third-order valence-corrected chi connectivity index (χ3v) is 3.74. The van der Waals surface area contributed by atoms with Crippen molar-refractivity contribution in [2.75, 3.05) is 6.54 Å². The van der Waals surface area contributed by atoms with E-state index in [-0.39, 0.29) is 25.0 Å². The molecule has 0 spiro atoms. The first-order chi connectivity index (χ1) is 8.90. The Morgan fingerprint density at radius 2 is 2.00 bits per heavy atom. The predicted molar refractivity (Wildman–Crippen MR) is 70.8 cm³/mol. The number of hydrogen-bond donors (Lipinski definition) is 4. The van der Waals surface area contributed by atoms with Crippen LogP contribution in [0.1, 0.15) is 39.5 Å². The van der Waals surface area contributed by atoms with Crippen molar-refractivity contribution in [3.05, 3.63) is 0 Å². The summed E-state index contributed by atoms with van der Waals surface area (Å²) >= 11 is 0. The van der Waals surface area contributed by atoms with E-state index in [2.05, 4.69) is 24.5 Å². The summed E-state index contributed by atoms with van der Waals surface area (Å²) in [6, 6.07) is -0.107. The van der Waals surface area contributed by atoms with Crippen molar-refractivity contribution in [1.29, 1.82) is 0 Å². The van der Waals surface area contributed by atoms with E-state index in [4.69, 9.17) is 10.2 Å². The number of carbonyl (C=O) groups excluding carboxylic acids is 1. The summed E-state index contributed by atoms with van der Waals surface area (Å²) in [6.07, 6.45) is 1.80. The van der Waals surface area contributed by atoms with E-state index in [0.717, 1.165) is 19.3 Å². The number of urea groups is 1. The van der Waals surface area contributed by atoms with Gasteiger partial charge in [0.1, 0.15) is 0 Å². The number of hydrogen-bond acceptors (Lipinski definition) is 3. The molecule has 0 heterocycles. The Kier molecular flexibility index (Phi) is 6.08. The molecular formula is C13H24N2O4. The highest BCUT2D eigenvalue weighted by Crippen LogP contribution is 2.28. The van der Waals surface area contributed by atoms with Gasteiger partial charge in [0, 0.05) is 19.0 Å². The van der Waals surface area contributed by atoms with Crippen molar-refractivity contribution in [3.8, 4) is 0 Å². The third-order valence-electron chi connectivity index (χ3n) is 3.74. The number of carbonyl (C=O) groups is 2. The number of amides is 2. The Morgan fingerprint density at radius 3 is 2.58 bits per heavy atom. The first-order valence-electron chi connectivity index (χ1n) is 6.85. The minimum absolute atomic E-state index is 0.0139. The zero-order valence-electron chi connectivity index (χ0n) is 11.6. The van der Waals surface area contributed by atoms with Crippen LogP contribution in [0.3, 0.4) is 0 Å². The Hall–Kier alpha value is -1.30. The predicted octanol–water partition coefficient (Wildman–Crippen LogP) is 0.946. The number of rotatable bonds is 5. The highest BCUT2D eigenvalue weighted by atomic mass is 16.4. The van der Waals surface area contributed by atoms with Crippen molar-refractivity contribution >= 4 is 12.0 Å². The summed E-state index contributed by atoms with van der Waals surface area (Å²) in [5.41, 5.74) is 0. The molecule has 0 aromatic heterocycles. The highest BCUT2D eigenvalue weighted by molar-refractivity contribution is 5.74. The monoisotopic (exact) mass is 272 g/mol. The normalized spacial score (nSPS) is 28.5. The minimum atomic E-state index is -1.42. The molecular weight excluding hydrogens is 248 g/mol. The molecule has 1 saturated carbocycles. The van der Waals surface area contributed by atoms with Gasteiger partial charge < -0.3 is 20.8 Å². The Labute approximate surface area is 113 Å². The third kappa shape index (κ3) is 5.46. The molecule has 6 heteroatoms. The summed E-state index contributed by atoms with van der Waals surface area (Å²) in [6.45, 7) is 4.51. The summed E-state index contributed by atoms with van der Waals surface area (Å²) in [5, 5.41) is 23.0. The number of nitrogens with one attached hydrogen (secondary N) is 2. The molecule has 6 nitrogen and oxygen atoms in total. The number of aliphatic hydroxyl groups is 1. The van der Waals surface area contributed by atoms with Crippen LogP contribution < -0.4 is 10.6 Å². The van der Waals surface area contributed by atoms with Crippen molar-refractivity contribution in [2.24, 2.45) is 11.8 Å². The Bertz CT molecular complexity index is 322.